The van der Waals surface area contributed by atoms with E-state index in [0.717, 1.165) is 12.3 Å². The molecule has 0 spiro atoms. The first-order chi connectivity index (χ1) is 9.13. The van der Waals surface area contributed by atoms with Crippen molar-refractivity contribution in [2.45, 2.75) is 64.4 Å². The standard InChI is InChI=1S/C16H28NOS/c1-12(13(2)18)11-16-15(9-10-19(16)17-3)14-7-5-4-6-8-14/h9-10,12-14,17-18H,4-8,11H2,1-3H3/q+1. The van der Waals surface area contributed by atoms with E-state index >= 15 is 0 Å². The third-order valence-electron chi connectivity index (χ3n) is 4.57. The molecule has 1 aliphatic rings. The molecule has 0 aliphatic heterocycles. The molecule has 0 saturated heterocycles. The van der Waals surface area contributed by atoms with Crippen molar-refractivity contribution in [3.8, 4) is 0 Å². The highest BCUT2D eigenvalue weighted by atomic mass is 32.2. The van der Waals surface area contributed by atoms with Crippen LogP contribution >= 0.6 is 10.7 Å². The maximum Gasteiger partial charge on any atom is 0.175 e. The molecule has 2 rings (SSSR count). The topological polar surface area (TPSA) is 32.3 Å². The highest BCUT2D eigenvalue weighted by Crippen LogP contribution is 2.40. The molecular formula is C16H28NOS+. The summed E-state index contributed by atoms with van der Waals surface area (Å²) in [5.41, 5.74) is 1.59. The Morgan fingerprint density at radius 2 is 2.00 bits per heavy atom. The van der Waals surface area contributed by atoms with Crippen molar-refractivity contribution in [1.82, 2.24) is 0 Å². The zero-order chi connectivity index (χ0) is 13.8. The summed E-state index contributed by atoms with van der Waals surface area (Å²) in [5.74, 6) is 1.11. The third kappa shape index (κ3) is 3.59. The van der Waals surface area contributed by atoms with E-state index in [1.807, 2.05) is 14.0 Å². The second-order valence-corrected chi connectivity index (χ2v) is 7.83. The van der Waals surface area contributed by atoms with Gasteiger partial charge in [0.2, 0.25) is 0 Å². The van der Waals surface area contributed by atoms with Crippen molar-refractivity contribution >= 4 is 10.7 Å². The van der Waals surface area contributed by atoms with Gasteiger partial charge in [0.1, 0.15) is 0 Å². The van der Waals surface area contributed by atoms with Gasteiger partial charge in [-0.15, -0.1) is 4.72 Å². The summed E-state index contributed by atoms with van der Waals surface area (Å²) < 4.78 is 3.43. The van der Waals surface area contributed by atoms with Gasteiger partial charge in [-0.1, -0.05) is 26.2 Å². The predicted octanol–water partition coefficient (Wildman–Crippen LogP) is 4.22. The highest BCUT2D eigenvalue weighted by Gasteiger charge is 2.28. The van der Waals surface area contributed by atoms with E-state index in [9.17, 15) is 5.11 Å². The minimum Gasteiger partial charge on any atom is -0.393 e. The number of rotatable bonds is 5. The molecule has 1 saturated carbocycles. The van der Waals surface area contributed by atoms with E-state index in [2.05, 4.69) is 23.1 Å². The zero-order valence-electron chi connectivity index (χ0n) is 12.5. The fraction of sp³-hybridized carbons (Fsp3) is 0.750. The van der Waals surface area contributed by atoms with E-state index in [4.69, 9.17) is 0 Å². The van der Waals surface area contributed by atoms with Crippen molar-refractivity contribution in [3.05, 3.63) is 21.9 Å². The molecule has 1 aromatic heterocycles. The van der Waals surface area contributed by atoms with Gasteiger partial charge in [-0.25, -0.2) is 0 Å². The van der Waals surface area contributed by atoms with Gasteiger partial charge in [0, 0.05) is 25.1 Å². The molecule has 19 heavy (non-hydrogen) atoms. The summed E-state index contributed by atoms with van der Waals surface area (Å²) in [7, 11) is 2.14. The van der Waals surface area contributed by atoms with Crippen molar-refractivity contribution in [3.63, 3.8) is 0 Å². The molecule has 3 unspecified atom stereocenters. The summed E-state index contributed by atoms with van der Waals surface area (Å²) in [4.78, 5) is 1.56. The first-order valence-electron chi connectivity index (χ1n) is 7.63. The normalized spacial score (nSPS) is 21.4. The third-order valence-corrected chi connectivity index (χ3v) is 6.35. The molecular weight excluding hydrogens is 254 g/mol. The predicted molar refractivity (Wildman–Crippen MR) is 84.6 cm³/mol. The van der Waals surface area contributed by atoms with Gasteiger partial charge < -0.3 is 5.11 Å². The number of aliphatic hydroxyl groups is 1. The number of thiophene rings is 1. The highest BCUT2D eigenvalue weighted by molar-refractivity contribution is 7.31. The van der Waals surface area contributed by atoms with E-state index in [0.29, 0.717) is 5.92 Å². The molecule has 0 aromatic carbocycles. The molecule has 0 amide bonds. The van der Waals surface area contributed by atoms with Crippen molar-refractivity contribution in [2.75, 3.05) is 11.8 Å². The Balaban J connectivity index is 2.20. The lowest BCUT2D eigenvalue weighted by atomic mass is 9.83. The second kappa shape index (κ2) is 6.87. The molecule has 2 N–H and O–H groups in total. The van der Waals surface area contributed by atoms with Crippen LogP contribution in [0.2, 0.25) is 0 Å². The minimum atomic E-state index is -0.219. The van der Waals surface area contributed by atoms with Gasteiger partial charge in [-0.3, -0.25) is 0 Å². The number of hydrogen-bond donors (Lipinski definition) is 2. The summed E-state index contributed by atoms with van der Waals surface area (Å²) in [6, 6.07) is 2.36. The monoisotopic (exact) mass is 282 g/mol. The Kier molecular flexibility index (Phi) is 5.43. The summed E-state index contributed by atoms with van der Waals surface area (Å²) in [6.45, 7) is 4.07. The first kappa shape index (κ1) is 15.0. The van der Waals surface area contributed by atoms with Crippen molar-refractivity contribution < 1.29 is 5.11 Å². The van der Waals surface area contributed by atoms with Gasteiger partial charge >= 0.3 is 0 Å². The second-order valence-electron chi connectivity index (χ2n) is 5.98. The fourth-order valence-electron chi connectivity index (χ4n) is 3.08. The Morgan fingerprint density at radius 1 is 1.32 bits per heavy atom. The first-order valence-corrected chi connectivity index (χ1v) is 8.92. The van der Waals surface area contributed by atoms with Crippen molar-refractivity contribution in [1.29, 1.82) is 0 Å². The quantitative estimate of drug-likeness (QED) is 0.793. The Labute approximate surface area is 120 Å². The molecule has 3 heteroatoms. The van der Waals surface area contributed by atoms with Crippen LogP contribution in [-0.2, 0) is 6.42 Å². The van der Waals surface area contributed by atoms with Gasteiger partial charge in [-0.2, -0.15) is 0 Å². The Morgan fingerprint density at radius 3 is 2.58 bits per heavy atom. The minimum absolute atomic E-state index is 0.0970. The van der Waals surface area contributed by atoms with Crippen LogP contribution in [0.4, 0.5) is 0 Å². The summed E-state index contributed by atoms with van der Waals surface area (Å²) in [6.07, 6.45) is 7.69. The van der Waals surface area contributed by atoms with Crippen LogP contribution < -0.4 is 4.72 Å². The SMILES string of the molecule is CN[s+]1ccc(C2CCCCC2)c1CC(C)C(C)O. The zero-order valence-corrected chi connectivity index (χ0v) is 13.3. The van der Waals surface area contributed by atoms with E-state index in [1.54, 1.807) is 10.4 Å². The fourth-order valence-corrected chi connectivity index (χ4v) is 4.84. The Bertz CT molecular complexity index is 393. The number of hydrogen-bond acceptors (Lipinski definition) is 2. The van der Waals surface area contributed by atoms with Crippen LogP contribution in [0.15, 0.2) is 11.4 Å². The molecule has 1 aromatic rings. The van der Waals surface area contributed by atoms with Gasteiger partial charge in [0.15, 0.2) is 10.3 Å². The lowest BCUT2D eigenvalue weighted by Gasteiger charge is -2.21. The summed E-state index contributed by atoms with van der Waals surface area (Å²) >= 11 is 0. The van der Waals surface area contributed by atoms with E-state index in [-0.39, 0.29) is 16.8 Å². The average Bonchev–Trinajstić information content (AvgIpc) is 2.82. The van der Waals surface area contributed by atoms with Gasteiger partial charge in [0.25, 0.3) is 0 Å². The van der Waals surface area contributed by atoms with Gasteiger partial charge in [0.05, 0.1) is 16.8 Å². The summed E-state index contributed by atoms with van der Waals surface area (Å²) in [5, 5.41) is 12.1. The van der Waals surface area contributed by atoms with Crippen LogP contribution in [-0.4, -0.2) is 18.3 Å². The maximum atomic E-state index is 9.78. The maximum absolute atomic E-state index is 9.78. The molecule has 1 fully saturated rings. The number of nitrogens with one attached hydrogen (secondary N) is 1. The van der Waals surface area contributed by atoms with E-state index in [1.165, 1.54) is 32.1 Å². The Hall–Kier alpha value is -0.380. The van der Waals surface area contributed by atoms with Gasteiger partial charge in [-0.05, 0) is 31.6 Å². The molecule has 1 heterocycles. The average molecular weight is 282 g/mol. The molecule has 0 radical (unpaired) electrons. The van der Waals surface area contributed by atoms with Crippen LogP contribution in [0.1, 0.15) is 62.3 Å². The van der Waals surface area contributed by atoms with Crippen molar-refractivity contribution in [2.24, 2.45) is 5.92 Å². The van der Waals surface area contributed by atoms with Crippen LogP contribution in [0, 0.1) is 5.92 Å². The lowest BCUT2D eigenvalue weighted by Crippen LogP contribution is -2.17. The lowest BCUT2D eigenvalue weighted by molar-refractivity contribution is 0.135. The molecule has 1 aliphatic carbocycles. The van der Waals surface area contributed by atoms with Crippen LogP contribution in [0.5, 0.6) is 0 Å². The van der Waals surface area contributed by atoms with Crippen LogP contribution in [0.25, 0.3) is 0 Å². The molecule has 0 bridgehead atoms. The smallest absolute Gasteiger partial charge is 0.175 e. The van der Waals surface area contributed by atoms with E-state index < -0.39 is 0 Å². The number of aliphatic hydroxyl groups excluding tert-OH is 1. The molecule has 3 atom stereocenters. The van der Waals surface area contributed by atoms with Crippen LogP contribution in [0.3, 0.4) is 0 Å². The molecule has 2 nitrogen and oxygen atoms in total. The molecule has 108 valence electrons. The largest absolute Gasteiger partial charge is 0.393 e.